The van der Waals surface area contributed by atoms with Gasteiger partial charge in [-0.15, -0.1) is 0 Å². The maximum atomic E-state index is 8.65. The molecule has 3 N–H and O–H groups in total. The number of oxime groups is 1. The van der Waals surface area contributed by atoms with Crippen LogP contribution in [0, 0.1) is 26.2 Å². The van der Waals surface area contributed by atoms with E-state index in [1.54, 1.807) is 11.8 Å². The number of amidine groups is 1. The zero-order chi connectivity index (χ0) is 14.0. The minimum Gasteiger partial charge on any atom is -0.409 e. The maximum Gasteiger partial charge on any atom is 0.188 e. The number of thioether (sulfide) groups is 1. The summed E-state index contributed by atoms with van der Waals surface area (Å²) in [4.78, 5) is 9.01. The first-order valence-electron chi connectivity index (χ1n) is 6.37. The lowest BCUT2D eigenvalue weighted by atomic mass is 10.1. The molecule has 1 aromatic heterocycles. The Labute approximate surface area is 117 Å². The van der Waals surface area contributed by atoms with Gasteiger partial charge in [0.25, 0.3) is 0 Å². The third-order valence-electron chi connectivity index (χ3n) is 3.76. The molecule has 1 fully saturated rings. The first-order chi connectivity index (χ1) is 8.96. The average Bonchev–Trinajstić information content (AvgIpc) is 3.13. The van der Waals surface area contributed by atoms with E-state index in [4.69, 9.17) is 10.9 Å². The van der Waals surface area contributed by atoms with Crippen LogP contribution in [0.25, 0.3) is 0 Å². The van der Waals surface area contributed by atoms with Crippen LogP contribution in [0.15, 0.2) is 10.3 Å². The molecule has 5 nitrogen and oxygen atoms in total. The van der Waals surface area contributed by atoms with Gasteiger partial charge >= 0.3 is 0 Å². The Balaban J connectivity index is 2.00. The summed E-state index contributed by atoms with van der Waals surface area (Å²) in [6.45, 7) is 6.06. The third-order valence-corrected chi connectivity index (χ3v) is 4.96. The molecule has 0 radical (unpaired) electrons. The Morgan fingerprint density at radius 2 is 1.89 bits per heavy atom. The van der Waals surface area contributed by atoms with Crippen molar-refractivity contribution in [1.29, 1.82) is 0 Å². The number of nitrogens with two attached hydrogens (primary N) is 1. The molecular weight excluding hydrogens is 260 g/mol. The van der Waals surface area contributed by atoms with Gasteiger partial charge < -0.3 is 10.9 Å². The highest BCUT2D eigenvalue weighted by Crippen LogP contribution is 2.51. The van der Waals surface area contributed by atoms with Crippen LogP contribution in [-0.4, -0.2) is 26.8 Å². The zero-order valence-corrected chi connectivity index (χ0v) is 12.4. The van der Waals surface area contributed by atoms with Crippen LogP contribution >= 0.6 is 11.8 Å². The molecule has 0 unspecified atom stereocenters. The number of aryl methyl sites for hydroxylation is 2. The number of aromatic nitrogens is 2. The molecule has 0 bridgehead atoms. The van der Waals surface area contributed by atoms with Crippen molar-refractivity contribution < 1.29 is 5.21 Å². The molecule has 6 heteroatoms. The van der Waals surface area contributed by atoms with Gasteiger partial charge in [-0.3, -0.25) is 0 Å². The SMILES string of the molecule is Cc1nc(SCC2(CC(N)=NO)CC2)nc(C)c1C. The second-order valence-corrected chi connectivity index (χ2v) is 6.30. The lowest BCUT2D eigenvalue weighted by Crippen LogP contribution is -2.19. The predicted octanol–water partition coefficient (Wildman–Crippen LogP) is 2.41. The summed E-state index contributed by atoms with van der Waals surface area (Å²) in [5, 5.41) is 12.5. The fraction of sp³-hybridized carbons (Fsp3) is 0.615. The van der Waals surface area contributed by atoms with Gasteiger partial charge in [0.1, 0.15) is 5.84 Å². The largest absolute Gasteiger partial charge is 0.409 e. The van der Waals surface area contributed by atoms with Crippen LogP contribution in [0.3, 0.4) is 0 Å². The smallest absolute Gasteiger partial charge is 0.188 e. The van der Waals surface area contributed by atoms with Crippen LogP contribution in [-0.2, 0) is 0 Å². The summed E-state index contributed by atoms with van der Waals surface area (Å²) < 4.78 is 0. The molecule has 104 valence electrons. The van der Waals surface area contributed by atoms with Crippen molar-refractivity contribution >= 4 is 17.6 Å². The number of hydrogen-bond donors (Lipinski definition) is 2. The van der Waals surface area contributed by atoms with E-state index in [1.807, 2.05) is 20.8 Å². The molecule has 0 aliphatic heterocycles. The quantitative estimate of drug-likeness (QED) is 0.216. The number of hydrogen-bond acceptors (Lipinski definition) is 5. The van der Waals surface area contributed by atoms with Crippen LogP contribution in [0.2, 0.25) is 0 Å². The standard InChI is InChI=1S/C13H20N4OS/c1-8-9(2)15-12(16-10(8)3)19-7-13(4-5-13)6-11(14)17-18/h18H,4-7H2,1-3H3,(H2,14,17). The van der Waals surface area contributed by atoms with Crippen molar-refractivity contribution in [2.24, 2.45) is 16.3 Å². The van der Waals surface area contributed by atoms with E-state index in [-0.39, 0.29) is 5.41 Å². The van der Waals surface area contributed by atoms with E-state index in [1.165, 1.54) is 0 Å². The molecule has 0 atom stereocenters. The summed E-state index contributed by atoms with van der Waals surface area (Å²) >= 11 is 1.66. The second-order valence-electron chi connectivity index (χ2n) is 5.36. The summed E-state index contributed by atoms with van der Waals surface area (Å²) in [6.07, 6.45) is 2.90. The Hall–Kier alpha value is -1.30. The molecule has 1 aliphatic carbocycles. The van der Waals surface area contributed by atoms with Gasteiger partial charge in [-0.1, -0.05) is 16.9 Å². The Morgan fingerprint density at radius 3 is 2.37 bits per heavy atom. The van der Waals surface area contributed by atoms with Crippen LogP contribution in [0.5, 0.6) is 0 Å². The fourth-order valence-electron chi connectivity index (χ4n) is 1.99. The van der Waals surface area contributed by atoms with Crippen LogP contribution in [0.4, 0.5) is 0 Å². The van der Waals surface area contributed by atoms with E-state index < -0.39 is 0 Å². The summed E-state index contributed by atoms with van der Waals surface area (Å²) in [5.74, 6) is 1.24. The summed E-state index contributed by atoms with van der Waals surface area (Å²) in [5.41, 5.74) is 9.00. The molecule has 2 rings (SSSR count). The van der Waals surface area contributed by atoms with E-state index in [0.717, 1.165) is 40.7 Å². The Morgan fingerprint density at radius 1 is 1.32 bits per heavy atom. The van der Waals surface area contributed by atoms with Gasteiger partial charge in [-0.05, 0) is 44.6 Å². The average molecular weight is 280 g/mol. The van der Waals surface area contributed by atoms with Crippen molar-refractivity contribution in [2.45, 2.75) is 45.2 Å². The molecular formula is C13H20N4OS. The van der Waals surface area contributed by atoms with Crippen molar-refractivity contribution in [3.63, 3.8) is 0 Å². The van der Waals surface area contributed by atoms with Crippen molar-refractivity contribution in [2.75, 3.05) is 5.75 Å². The molecule has 0 amide bonds. The van der Waals surface area contributed by atoms with Gasteiger partial charge in [0, 0.05) is 23.6 Å². The van der Waals surface area contributed by atoms with Gasteiger partial charge in [0.05, 0.1) is 0 Å². The minimum atomic E-state index is 0.178. The first-order valence-corrected chi connectivity index (χ1v) is 7.35. The molecule has 1 aliphatic rings. The highest BCUT2D eigenvalue weighted by molar-refractivity contribution is 7.99. The first kappa shape index (κ1) is 14.1. The third kappa shape index (κ3) is 3.37. The van der Waals surface area contributed by atoms with Gasteiger partial charge in [-0.2, -0.15) is 0 Å². The molecule has 0 spiro atoms. The topological polar surface area (TPSA) is 84.4 Å². The molecule has 0 saturated heterocycles. The monoisotopic (exact) mass is 280 g/mol. The van der Waals surface area contributed by atoms with Crippen molar-refractivity contribution in [1.82, 2.24) is 9.97 Å². The van der Waals surface area contributed by atoms with Gasteiger partial charge in [0.15, 0.2) is 5.16 Å². The van der Waals surface area contributed by atoms with E-state index in [2.05, 4.69) is 15.1 Å². The minimum absolute atomic E-state index is 0.178. The lowest BCUT2D eigenvalue weighted by Gasteiger charge is -2.13. The van der Waals surface area contributed by atoms with Gasteiger partial charge in [0.2, 0.25) is 0 Å². The zero-order valence-electron chi connectivity index (χ0n) is 11.6. The highest BCUT2D eigenvalue weighted by atomic mass is 32.2. The van der Waals surface area contributed by atoms with E-state index >= 15 is 0 Å². The predicted molar refractivity (Wildman–Crippen MR) is 76.7 cm³/mol. The normalized spacial score (nSPS) is 17.5. The molecule has 19 heavy (non-hydrogen) atoms. The fourth-order valence-corrected chi connectivity index (χ4v) is 3.22. The molecule has 1 aromatic rings. The highest BCUT2D eigenvalue weighted by Gasteiger charge is 2.43. The van der Waals surface area contributed by atoms with E-state index in [9.17, 15) is 0 Å². The number of rotatable bonds is 5. The molecule has 1 saturated carbocycles. The maximum absolute atomic E-state index is 8.65. The number of nitrogens with zero attached hydrogens (tertiary/aromatic N) is 3. The van der Waals surface area contributed by atoms with Crippen molar-refractivity contribution in [3.8, 4) is 0 Å². The second kappa shape index (κ2) is 5.36. The summed E-state index contributed by atoms with van der Waals surface area (Å²) in [7, 11) is 0. The Kier molecular flexibility index (Phi) is 3.99. The Bertz CT molecular complexity index is 488. The lowest BCUT2D eigenvalue weighted by molar-refractivity contribution is 0.315. The van der Waals surface area contributed by atoms with Crippen LogP contribution in [0.1, 0.15) is 36.2 Å². The van der Waals surface area contributed by atoms with E-state index in [0.29, 0.717) is 12.3 Å². The summed E-state index contributed by atoms with van der Waals surface area (Å²) in [6, 6.07) is 0. The molecule has 1 heterocycles. The van der Waals surface area contributed by atoms with Crippen molar-refractivity contribution in [3.05, 3.63) is 17.0 Å². The van der Waals surface area contributed by atoms with Crippen LogP contribution < -0.4 is 5.73 Å². The van der Waals surface area contributed by atoms with Gasteiger partial charge in [-0.25, -0.2) is 9.97 Å². The molecule has 0 aromatic carbocycles.